The average molecular weight is 256 g/mol. The summed E-state index contributed by atoms with van der Waals surface area (Å²) in [5, 5.41) is 2.04. The van der Waals surface area contributed by atoms with Gasteiger partial charge in [-0.25, -0.2) is 0 Å². The summed E-state index contributed by atoms with van der Waals surface area (Å²) in [6, 6.07) is 8.10. The third kappa shape index (κ3) is 3.16. The standard InChI is InChI=1S/C13H18ClNS/c14-11-7-5-10(6-8-11)13(9-15)16-12-3-1-2-4-12/h5-8,12-13H,1-4,9,15H2. The molecule has 0 radical (unpaired) electrons. The molecule has 0 spiro atoms. The molecule has 0 bridgehead atoms. The van der Waals surface area contributed by atoms with Gasteiger partial charge in [-0.3, -0.25) is 0 Å². The van der Waals surface area contributed by atoms with E-state index in [1.54, 1.807) is 0 Å². The predicted octanol–water partition coefficient (Wildman–Crippen LogP) is 4.02. The third-order valence-corrected chi connectivity index (χ3v) is 5.02. The number of benzene rings is 1. The Bertz CT molecular complexity index is 319. The minimum absolute atomic E-state index is 0.431. The minimum Gasteiger partial charge on any atom is -0.329 e. The first-order chi connectivity index (χ1) is 7.79. The number of thioether (sulfide) groups is 1. The summed E-state index contributed by atoms with van der Waals surface area (Å²) in [7, 11) is 0. The highest BCUT2D eigenvalue weighted by molar-refractivity contribution is 8.00. The maximum atomic E-state index is 5.89. The van der Waals surface area contributed by atoms with Gasteiger partial charge in [0, 0.05) is 22.1 Å². The summed E-state index contributed by atoms with van der Waals surface area (Å²) in [6.07, 6.45) is 5.48. The van der Waals surface area contributed by atoms with E-state index >= 15 is 0 Å². The molecule has 0 saturated heterocycles. The van der Waals surface area contributed by atoms with Gasteiger partial charge < -0.3 is 5.73 Å². The third-order valence-electron chi connectivity index (χ3n) is 3.11. The van der Waals surface area contributed by atoms with Crippen molar-refractivity contribution in [3.63, 3.8) is 0 Å². The normalized spacial score (nSPS) is 18.9. The van der Waals surface area contributed by atoms with E-state index in [1.165, 1.54) is 31.2 Å². The highest BCUT2D eigenvalue weighted by Gasteiger charge is 2.20. The lowest BCUT2D eigenvalue weighted by Crippen LogP contribution is -2.12. The smallest absolute Gasteiger partial charge is 0.0422 e. The first-order valence-corrected chi connectivity index (χ1v) is 7.22. The number of hydrogen-bond donors (Lipinski definition) is 1. The SMILES string of the molecule is NCC(SC1CCCC1)c1ccc(Cl)cc1. The zero-order valence-electron chi connectivity index (χ0n) is 9.36. The molecule has 1 aliphatic rings. The van der Waals surface area contributed by atoms with E-state index in [4.69, 9.17) is 17.3 Å². The molecule has 1 unspecified atom stereocenters. The van der Waals surface area contributed by atoms with E-state index in [9.17, 15) is 0 Å². The van der Waals surface area contributed by atoms with Crippen molar-refractivity contribution in [1.29, 1.82) is 0 Å². The van der Waals surface area contributed by atoms with Crippen molar-refractivity contribution in [1.82, 2.24) is 0 Å². The van der Waals surface area contributed by atoms with Crippen molar-refractivity contribution < 1.29 is 0 Å². The van der Waals surface area contributed by atoms with Crippen LogP contribution in [0.4, 0.5) is 0 Å². The number of rotatable bonds is 4. The van der Waals surface area contributed by atoms with Gasteiger partial charge in [-0.15, -0.1) is 11.8 Å². The second kappa shape index (κ2) is 5.95. The Hall–Kier alpha value is -0.180. The Morgan fingerprint density at radius 1 is 1.25 bits per heavy atom. The summed E-state index contributed by atoms with van der Waals surface area (Å²) in [5.41, 5.74) is 7.18. The average Bonchev–Trinajstić information content (AvgIpc) is 2.80. The van der Waals surface area contributed by atoms with E-state index in [-0.39, 0.29) is 0 Å². The van der Waals surface area contributed by atoms with Crippen LogP contribution >= 0.6 is 23.4 Å². The Labute approximate surface area is 107 Å². The van der Waals surface area contributed by atoms with Gasteiger partial charge >= 0.3 is 0 Å². The van der Waals surface area contributed by atoms with Crippen LogP contribution in [0.25, 0.3) is 0 Å². The molecule has 1 atom stereocenters. The molecule has 0 amide bonds. The van der Waals surface area contributed by atoms with Crippen LogP contribution in [-0.4, -0.2) is 11.8 Å². The molecule has 88 valence electrons. The predicted molar refractivity (Wildman–Crippen MR) is 73.1 cm³/mol. The molecule has 0 aromatic heterocycles. The molecule has 1 saturated carbocycles. The van der Waals surface area contributed by atoms with E-state index in [1.807, 2.05) is 23.9 Å². The first-order valence-electron chi connectivity index (χ1n) is 5.90. The maximum absolute atomic E-state index is 5.89. The van der Waals surface area contributed by atoms with Crippen LogP contribution in [-0.2, 0) is 0 Å². The van der Waals surface area contributed by atoms with Crippen LogP contribution in [0, 0.1) is 0 Å². The maximum Gasteiger partial charge on any atom is 0.0422 e. The summed E-state index contributed by atoms with van der Waals surface area (Å²) >= 11 is 7.93. The van der Waals surface area contributed by atoms with Crippen LogP contribution in [0.2, 0.25) is 5.02 Å². The molecule has 0 heterocycles. The second-order valence-corrected chi connectivity index (χ2v) is 6.26. The zero-order chi connectivity index (χ0) is 11.4. The Morgan fingerprint density at radius 2 is 1.88 bits per heavy atom. The largest absolute Gasteiger partial charge is 0.329 e. The van der Waals surface area contributed by atoms with Crippen molar-refractivity contribution in [3.05, 3.63) is 34.9 Å². The van der Waals surface area contributed by atoms with Crippen LogP contribution in [0.15, 0.2) is 24.3 Å². The van der Waals surface area contributed by atoms with E-state index < -0.39 is 0 Å². The van der Waals surface area contributed by atoms with Gasteiger partial charge in [-0.2, -0.15) is 0 Å². The molecule has 1 aromatic rings. The van der Waals surface area contributed by atoms with Crippen molar-refractivity contribution in [2.45, 2.75) is 36.2 Å². The molecular formula is C13H18ClNS. The highest BCUT2D eigenvalue weighted by Crippen LogP contribution is 2.39. The van der Waals surface area contributed by atoms with E-state index in [2.05, 4.69) is 12.1 Å². The van der Waals surface area contributed by atoms with Gasteiger partial charge in [-0.1, -0.05) is 36.6 Å². The van der Waals surface area contributed by atoms with Crippen molar-refractivity contribution in [2.24, 2.45) is 5.73 Å². The number of nitrogens with two attached hydrogens (primary N) is 1. The highest BCUT2D eigenvalue weighted by atomic mass is 35.5. The molecule has 2 N–H and O–H groups in total. The fourth-order valence-electron chi connectivity index (χ4n) is 2.20. The zero-order valence-corrected chi connectivity index (χ0v) is 10.9. The molecule has 1 fully saturated rings. The molecule has 16 heavy (non-hydrogen) atoms. The van der Waals surface area contributed by atoms with Crippen LogP contribution in [0.1, 0.15) is 36.5 Å². The van der Waals surface area contributed by atoms with Gasteiger partial charge in [0.25, 0.3) is 0 Å². The van der Waals surface area contributed by atoms with E-state index in [0.717, 1.165) is 10.3 Å². The quantitative estimate of drug-likeness (QED) is 0.880. The van der Waals surface area contributed by atoms with Crippen LogP contribution < -0.4 is 5.73 Å². The molecule has 0 aliphatic heterocycles. The van der Waals surface area contributed by atoms with Crippen LogP contribution in [0.3, 0.4) is 0 Å². The summed E-state index contributed by atoms with van der Waals surface area (Å²) < 4.78 is 0. The molecular weight excluding hydrogens is 238 g/mol. The lowest BCUT2D eigenvalue weighted by Gasteiger charge is -2.19. The summed E-state index contributed by atoms with van der Waals surface area (Å²) in [4.78, 5) is 0. The van der Waals surface area contributed by atoms with Crippen molar-refractivity contribution in [2.75, 3.05) is 6.54 Å². The first kappa shape index (κ1) is 12.3. The molecule has 1 nitrogen and oxygen atoms in total. The summed E-state index contributed by atoms with van der Waals surface area (Å²) in [5.74, 6) is 0. The topological polar surface area (TPSA) is 26.0 Å². The van der Waals surface area contributed by atoms with Crippen molar-refractivity contribution in [3.8, 4) is 0 Å². The van der Waals surface area contributed by atoms with Crippen molar-refractivity contribution >= 4 is 23.4 Å². The summed E-state index contributed by atoms with van der Waals surface area (Å²) in [6.45, 7) is 0.711. The van der Waals surface area contributed by atoms with Crippen LogP contribution in [0.5, 0.6) is 0 Å². The molecule has 3 heteroatoms. The molecule has 1 aliphatic carbocycles. The fourth-order valence-corrected chi connectivity index (χ4v) is 3.83. The Kier molecular flexibility index (Phi) is 4.56. The minimum atomic E-state index is 0.431. The Balaban J connectivity index is 2.00. The van der Waals surface area contributed by atoms with Gasteiger partial charge in [0.2, 0.25) is 0 Å². The van der Waals surface area contributed by atoms with Gasteiger partial charge in [0.1, 0.15) is 0 Å². The Morgan fingerprint density at radius 3 is 2.44 bits per heavy atom. The monoisotopic (exact) mass is 255 g/mol. The van der Waals surface area contributed by atoms with Gasteiger partial charge in [0.05, 0.1) is 0 Å². The number of hydrogen-bond acceptors (Lipinski definition) is 2. The number of halogens is 1. The molecule has 1 aromatic carbocycles. The molecule has 2 rings (SSSR count). The van der Waals surface area contributed by atoms with Gasteiger partial charge in [0.15, 0.2) is 0 Å². The van der Waals surface area contributed by atoms with E-state index in [0.29, 0.717) is 11.8 Å². The van der Waals surface area contributed by atoms with Gasteiger partial charge in [-0.05, 0) is 30.5 Å². The second-order valence-electron chi connectivity index (χ2n) is 4.32. The lowest BCUT2D eigenvalue weighted by atomic mass is 10.1. The fraction of sp³-hybridized carbons (Fsp3) is 0.538. The lowest BCUT2D eigenvalue weighted by molar-refractivity contribution is 0.873.